The van der Waals surface area contributed by atoms with Crippen molar-refractivity contribution in [1.29, 1.82) is 0 Å². The molecule has 0 aromatic carbocycles. The molecule has 0 amide bonds. The molecule has 2 atom stereocenters. The second-order valence-corrected chi connectivity index (χ2v) is 5.32. The van der Waals surface area contributed by atoms with Crippen LogP contribution < -0.4 is 5.73 Å². The Balaban J connectivity index is 2.92. The molecular weight excluding hydrogens is 222 g/mol. The lowest BCUT2D eigenvalue weighted by molar-refractivity contribution is -0.163. The Bertz CT molecular complexity index is 371. The van der Waals surface area contributed by atoms with Gasteiger partial charge in [-0.3, -0.25) is 9.59 Å². The summed E-state index contributed by atoms with van der Waals surface area (Å²) in [5.74, 6) is -1.16. The van der Waals surface area contributed by atoms with E-state index in [1.54, 1.807) is 20.8 Å². The van der Waals surface area contributed by atoms with Gasteiger partial charge in [-0.25, -0.2) is 0 Å². The van der Waals surface area contributed by atoms with Crippen LogP contribution in [0, 0.1) is 5.41 Å². The van der Waals surface area contributed by atoms with E-state index in [1.807, 2.05) is 0 Å². The third-order valence-electron chi connectivity index (χ3n) is 2.89. The molecule has 1 aliphatic carbocycles. The van der Waals surface area contributed by atoms with Gasteiger partial charge < -0.3 is 15.2 Å². The van der Waals surface area contributed by atoms with Crippen molar-refractivity contribution in [3.05, 3.63) is 12.7 Å². The molecule has 17 heavy (non-hydrogen) atoms. The fraction of sp³-hybridized carbons (Fsp3) is 0.667. The third-order valence-corrected chi connectivity index (χ3v) is 2.89. The largest absolute Gasteiger partial charge is 0.468 e. The molecule has 0 aliphatic heterocycles. The highest BCUT2D eigenvalue weighted by Gasteiger charge is 2.75. The lowest BCUT2D eigenvalue weighted by Gasteiger charge is -2.24. The van der Waals surface area contributed by atoms with E-state index >= 15 is 0 Å². The summed E-state index contributed by atoms with van der Waals surface area (Å²) in [7, 11) is 1.23. The minimum Gasteiger partial charge on any atom is -0.468 e. The monoisotopic (exact) mass is 241 g/mol. The van der Waals surface area contributed by atoms with Gasteiger partial charge in [-0.15, -0.1) is 6.58 Å². The first kappa shape index (κ1) is 13.7. The van der Waals surface area contributed by atoms with Crippen LogP contribution in [0.2, 0.25) is 0 Å². The average molecular weight is 241 g/mol. The number of hydrogen-bond acceptors (Lipinski definition) is 5. The van der Waals surface area contributed by atoms with Crippen molar-refractivity contribution in [1.82, 2.24) is 0 Å². The van der Waals surface area contributed by atoms with Gasteiger partial charge in [0.1, 0.15) is 16.6 Å². The molecular formula is C12H19NO4. The zero-order chi connectivity index (χ0) is 13.5. The number of ether oxygens (including phenoxy) is 2. The van der Waals surface area contributed by atoms with Crippen LogP contribution in [-0.4, -0.2) is 30.2 Å². The standard InChI is InChI=1S/C12H19NO4/c1-6-11(8(14)17-10(2,3)4)7-12(11,13)9(15)16-5/h6H,1,7,13H2,2-5H3/t11-,12-/m1/s1. The van der Waals surface area contributed by atoms with E-state index in [9.17, 15) is 9.59 Å². The second kappa shape index (κ2) is 3.84. The van der Waals surface area contributed by atoms with E-state index in [0.717, 1.165) is 0 Å². The van der Waals surface area contributed by atoms with Crippen molar-refractivity contribution in [2.24, 2.45) is 11.1 Å². The first-order valence-corrected chi connectivity index (χ1v) is 5.37. The Hall–Kier alpha value is -1.36. The van der Waals surface area contributed by atoms with Gasteiger partial charge in [0.15, 0.2) is 0 Å². The average Bonchev–Trinajstić information content (AvgIpc) is 2.83. The zero-order valence-electron chi connectivity index (χ0n) is 10.7. The van der Waals surface area contributed by atoms with Crippen LogP contribution >= 0.6 is 0 Å². The van der Waals surface area contributed by atoms with Crippen molar-refractivity contribution in [3.63, 3.8) is 0 Å². The smallest absolute Gasteiger partial charge is 0.327 e. The summed E-state index contributed by atoms with van der Waals surface area (Å²) in [4.78, 5) is 23.6. The van der Waals surface area contributed by atoms with Crippen LogP contribution in [-0.2, 0) is 19.1 Å². The van der Waals surface area contributed by atoms with Gasteiger partial charge in [0, 0.05) is 0 Å². The molecule has 0 aromatic rings. The van der Waals surface area contributed by atoms with Gasteiger partial charge in [0.2, 0.25) is 0 Å². The normalized spacial score (nSPS) is 31.6. The van der Waals surface area contributed by atoms with Crippen molar-refractivity contribution in [2.75, 3.05) is 7.11 Å². The van der Waals surface area contributed by atoms with Crippen molar-refractivity contribution < 1.29 is 19.1 Å². The van der Waals surface area contributed by atoms with Gasteiger partial charge in [-0.2, -0.15) is 0 Å². The summed E-state index contributed by atoms with van der Waals surface area (Å²) in [6.45, 7) is 8.82. The molecule has 0 heterocycles. The van der Waals surface area contributed by atoms with Gasteiger partial charge in [0.05, 0.1) is 7.11 Å². The Morgan fingerprint density at radius 2 is 1.88 bits per heavy atom. The molecule has 2 N–H and O–H groups in total. The lowest BCUT2D eigenvalue weighted by atomic mass is 10.00. The highest BCUT2D eigenvalue weighted by Crippen LogP contribution is 2.57. The maximum absolute atomic E-state index is 12.0. The summed E-state index contributed by atoms with van der Waals surface area (Å²) < 4.78 is 9.84. The summed E-state index contributed by atoms with van der Waals surface area (Å²) >= 11 is 0. The molecule has 96 valence electrons. The molecule has 0 unspecified atom stereocenters. The quantitative estimate of drug-likeness (QED) is 0.583. The number of hydrogen-bond donors (Lipinski definition) is 1. The predicted octanol–water partition coefficient (Wildman–Crippen LogP) is 0.775. The molecule has 1 aliphatic rings. The number of esters is 2. The summed E-state index contributed by atoms with van der Waals surface area (Å²) in [5, 5.41) is 0. The third kappa shape index (κ3) is 2.07. The minimum atomic E-state index is -1.34. The Labute approximate surface area is 101 Å². The SMILES string of the molecule is C=C[C@]1(C(=O)OC(C)(C)C)C[C@@]1(N)C(=O)OC. The number of methoxy groups -OCH3 is 1. The molecule has 1 fully saturated rings. The maximum atomic E-state index is 12.0. The first-order chi connectivity index (χ1) is 7.63. The van der Waals surface area contributed by atoms with Crippen molar-refractivity contribution in [2.45, 2.75) is 38.3 Å². The molecule has 5 nitrogen and oxygen atoms in total. The summed E-state index contributed by atoms with van der Waals surface area (Å²) in [5.41, 5.74) is 2.73. The number of carbonyl (C=O) groups excluding carboxylic acids is 2. The topological polar surface area (TPSA) is 78.6 Å². The Kier molecular flexibility index (Phi) is 3.09. The summed E-state index contributed by atoms with van der Waals surface area (Å²) in [6.07, 6.45) is 1.54. The van der Waals surface area contributed by atoms with E-state index in [1.165, 1.54) is 13.2 Å². The van der Waals surface area contributed by atoms with Crippen LogP contribution in [0.3, 0.4) is 0 Å². The van der Waals surface area contributed by atoms with Crippen LogP contribution in [0.15, 0.2) is 12.7 Å². The Morgan fingerprint density at radius 1 is 1.35 bits per heavy atom. The lowest BCUT2D eigenvalue weighted by Crippen LogP contribution is -2.44. The molecule has 0 bridgehead atoms. The van der Waals surface area contributed by atoms with Crippen LogP contribution in [0.5, 0.6) is 0 Å². The van der Waals surface area contributed by atoms with E-state index in [0.29, 0.717) is 0 Å². The molecule has 0 spiro atoms. The number of rotatable bonds is 3. The first-order valence-electron chi connectivity index (χ1n) is 5.37. The van der Waals surface area contributed by atoms with Gasteiger partial charge in [0.25, 0.3) is 0 Å². The van der Waals surface area contributed by atoms with E-state index in [-0.39, 0.29) is 6.42 Å². The fourth-order valence-electron chi connectivity index (χ4n) is 1.79. The number of carbonyl (C=O) groups is 2. The highest BCUT2D eigenvalue weighted by atomic mass is 16.6. The van der Waals surface area contributed by atoms with E-state index in [2.05, 4.69) is 11.3 Å². The van der Waals surface area contributed by atoms with Crippen LogP contribution in [0.25, 0.3) is 0 Å². The fourth-order valence-corrected chi connectivity index (χ4v) is 1.79. The zero-order valence-corrected chi connectivity index (χ0v) is 10.7. The minimum absolute atomic E-state index is 0.172. The van der Waals surface area contributed by atoms with Crippen molar-refractivity contribution in [3.8, 4) is 0 Å². The molecule has 5 heteroatoms. The number of nitrogens with two attached hydrogens (primary N) is 1. The van der Waals surface area contributed by atoms with Crippen LogP contribution in [0.1, 0.15) is 27.2 Å². The molecule has 1 saturated carbocycles. The Morgan fingerprint density at radius 3 is 2.24 bits per heavy atom. The van der Waals surface area contributed by atoms with Gasteiger partial charge in [-0.05, 0) is 27.2 Å². The van der Waals surface area contributed by atoms with Crippen molar-refractivity contribution >= 4 is 11.9 Å². The van der Waals surface area contributed by atoms with E-state index < -0.39 is 28.5 Å². The maximum Gasteiger partial charge on any atom is 0.327 e. The van der Waals surface area contributed by atoms with Gasteiger partial charge in [-0.1, -0.05) is 6.08 Å². The highest BCUT2D eigenvalue weighted by molar-refractivity contribution is 5.99. The molecule has 0 saturated heterocycles. The molecule has 1 rings (SSSR count). The van der Waals surface area contributed by atoms with Gasteiger partial charge >= 0.3 is 11.9 Å². The predicted molar refractivity (Wildman–Crippen MR) is 62.0 cm³/mol. The van der Waals surface area contributed by atoms with Crippen LogP contribution in [0.4, 0.5) is 0 Å². The molecule has 0 aromatic heterocycles. The van der Waals surface area contributed by atoms with E-state index in [4.69, 9.17) is 10.5 Å². The second-order valence-electron chi connectivity index (χ2n) is 5.32. The molecule has 0 radical (unpaired) electrons. The summed E-state index contributed by atoms with van der Waals surface area (Å²) in [6, 6.07) is 0.